The van der Waals surface area contributed by atoms with Crippen molar-refractivity contribution in [2.24, 2.45) is 0 Å². The Bertz CT molecular complexity index is 1260. The number of nitrogens with zero attached hydrogens (tertiary/aromatic N) is 1. The minimum atomic E-state index is -1.02. The van der Waals surface area contributed by atoms with Gasteiger partial charge >= 0.3 is 12.2 Å². The van der Waals surface area contributed by atoms with Gasteiger partial charge in [0.25, 0.3) is 0 Å². The average Bonchev–Trinajstić information content (AvgIpc) is 3.00. The minimum Gasteiger partial charge on any atom is -0.494 e. The molecule has 0 saturated heterocycles. The number of alkyl carbamates (subject to hydrolysis) is 1. The first-order chi connectivity index (χ1) is 20.0. The van der Waals surface area contributed by atoms with Crippen LogP contribution in [0.5, 0.6) is 5.75 Å². The van der Waals surface area contributed by atoms with Crippen LogP contribution in [0.25, 0.3) is 11.1 Å². The maximum absolute atomic E-state index is 12.7. The monoisotopic (exact) mass is 558 g/mol. The molecule has 216 valence electrons. The number of hydrogen-bond donors (Lipinski definition) is 2. The number of aldehydes is 1. The van der Waals surface area contributed by atoms with Gasteiger partial charge in [-0.1, -0.05) is 60.7 Å². The van der Waals surface area contributed by atoms with E-state index in [1.54, 1.807) is 0 Å². The van der Waals surface area contributed by atoms with Crippen molar-refractivity contribution in [1.29, 1.82) is 0 Å². The molecule has 3 aromatic carbocycles. The maximum Gasteiger partial charge on any atom is 0.412 e. The number of ether oxygens (including phenoxy) is 2. The molecule has 1 saturated carbocycles. The molecule has 41 heavy (non-hydrogen) atoms. The van der Waals surface area contributed by atoms with Gasteiger partial charge in [0, 0.05) is 30.1 Å². The summed E-state index contributed by atoms with van der Waals surface area (Å²) in [6.45, 7) is 0.696. The van der Waals surface area contributed by atoms with Crippen LogP contribution in [-0.4, -0.2) is 42.3 Å². The third-order valence-electron chi connectivity index (χ3n) is 7.35. The zero-order chi connectivity index (χ0) is 28.9. The van der Waals surface area contributed by atoms with Gasteiger partial charge < -0.3 is 24.7 Å². The van der Waals surface area contributed by atoms with Crippen LogP contribution in [-0.2, 0) is 16.1 Å². The van der Waals surface area contributed by atoms with E-state index in [4.69, 9.17) is 9.47 Å². The van der Waals surface area contributed by atoms with Crippen molar-refractivity contribution in [3.63, 3.8) is 0 Å². The van der Waals surface area contributed by atoms with Gasteiger partial charge in [-0.05, 0) is 68.2 Å². The molecule has 0 radical (unpaired) electrons. The summed E-state index contributed by atoms with van der Waals surface area (Å²) in [5.41, 5.74) is 3.24. The standard InChI is InChI=1S/C33H38N2O6/c36-21-9-1-2-10-22-40-29-19-20-30(26-13-7-4-8-14-26)31(23-29)35(33(38)39)28-17-15-27(16-18-28)34-32(37)41-24-25-11-5-3-6-12-25/h3-8,11-14,19-21,23,27-28H,1-2,9-10,15-18,22,24H2,(H,34,37)(H,38,39). The van der Waals surface area contributed by atoms with Crippen LogP contribution in [0.4, 0.5) is 15.3 Å². The van der Waals surface area contributed by atoms with Gasteiger partial charge in [0.05, 0.1) is 12.3 Å². The Hall–Kier alpha value is -4.33. The number of rotatable bonds is 13. The summed E-state index contributed by atoms with van der Waals surface area (Å²) >= 11 is 0. The summed E-state index contributed by atoms with van der Waals surface area (Å²) in [6.07, 6.45) is 5.04. The second kappa shape index (κ2) is 15.5. The molecule has 0 atom stereocenters. The van der Waals surface area contributed by atoms with Crippen LogP contribution in [0, 0.1) is 0 Å². The summed E-state index contributed by atoms with van der Waals surface area (Å²) in [5, 5.41) is 13.3. The quantitative estimate of drug-likeness (QED) is 0.170. The number of unbranched alkanes of at least 4 members (excludes halogenated alkanes) is 3. The molecule has 0 unspecified atom stereocenters. The Labute approximate surface area is 241 Å². The van der Waals surface area contributed by atoms with E-state index in [0.717, 1.165) is 42.2 Å². The number of amides is 2. The molecular formula is C33H38N2O6. The SMILES string of the molecule is O=CCCCCCOc1ccc(-c2ccccc2)c(N(C(=O)O)C2CCC(NC(=O)OCc3ccccc3)CC2)c1. The topological polar surface area (TPSA) is 105 Å². The van der Waals surface area contributed by atoms with Gasteiger partial charge in [0.1, 0.15) is 18.6 Å². The summed E-state index contributed by atoms with van der Waals surface area (Å²) in [7, 11) is 0. The van der Waals surface area contributed by atoms with Crippen LogP contribution in [0.2, 0.25) is 0 Å². The average molecular weight is 559 g/mol. The molecule has 1 aliphatic rings. The van der Waals surface area contributed by atoms with E-state index >= 15 is 0 Å². The Morgan fingerprint density at radius 1 is 0.902 bits per heavy atom. The van der Waals surface area contributed by atoms with Crippen LogP contribution < -0.4 is 15.0 Å². The lowest BCUT2D eigenvalue weighted by atomic mass is 9.89. The first-order valence-corrected chi connectivity index (χ1v) is 14.3. The Morgan fingerprint density at radius 3 is 2.29 bits per heavy atom. The van der Waals surface area contributed by atoms with E-state index in [0.29, 0.717) is 50.1 Å². The number of anilines is 1. The van der Waals surface area contributed by atoms with Crippen molar-refractivity contribution in [2.75, 3.05) is 11.5 Å². The van der Waals surface area contributed by atoms with Crippen LogP contribution in [0.3, 0.4) is 0 Å². The van der Waals surface area contributed by atoms with Gasteiger partial charge in [0.15, 0.2) is 0 Å². The zero-order valence-electron chi connectivity index (χ0n) is 23.2. The van der Waals surface area contributed by atoms with E-state index in [9.17, 15) is 19.5 Å². The van der Waals surface area contributed by atoms with Crippen molar-refractivity contribution in [3.8, 4) is 16.9 Å². The second-order valence-electron chi connectivity index (χ2n) is 10.3. The lowest BCUT2D eigenvalue weighted by molar-refractivity contribution is -0.107. The highest BCUT2D eigenvalue weighted by Crippen LogP contribution is 2.38. The maximum atomic E-state index is 12.7. The molecule has 1 aliphatic carbocycles. The van der Waals surface area contributed by atoms with Gasteiger partial charge in [-0.15, -0.1) is 0 Å². The van der Waals surface area contributed by atoms with Gasteiger partial charge in [-0.3, -0.25) is 4.90 Å². The summed E-state index contributed by atoms with van der Waals surface area (Å²) in [6, 6.07) is 24.5. The molecule has 0 aromatic heterocycles. The fraction of sp³-hybridized carbons (Fsp3) is 0.364. The van der Waals surface area contributed by atoms with Gasteiger partial charge in [0.2, 0.25) is 0 Å². The molecule has 0 aliphatic heterocycles. The van der Waals surface area contributed by atoms with Gasteiger partial charge in [-0.25, -0.2) is 9.59 Å². The fourth-order valence-electron chi connectivity index (χ4n) is 5.22. The first kappa shape index (κ1) is 29.6. The lowest BCUT2D eigenvalue weighted by Crippen LogP contribution is -2.46. The number of carboxylic acid groups (broad SMARTS) is 1. The molecule has 8 heteroatoms. The lowest BCUT2D eigenvalue weighted by Gasteiger charge is -2.36. The van der Waals surface area contributed by atoms with Crippen LogP contribution in [0.1, 0.15) is 56.9 Å². The third-order valence-corrected chi connectivity index (χ3v) is 7.35. The zero-order valence-corrected chi connectivity index (χ0v) is 23.2. The molecule has 4 rings (SSSR count). The van der Waals surface area contributed by atoms with E-state index < -0.39 is 12.2 Å². The minimum absolute atomic E-state index is 0.0763. The highest BCUT2D eigenvalue weighted by atomic mass is 16.5. The highest BCUT2D eigenvalue weighted by molar-refractivity contribution is 5.94. The highest BCUT2D eigenvalue weighted by Gasteiger charge is 2.32. The van der Waals surface area contributed by atoms with E-state index in [2.05, 4.69) is 5.32 Å². The molecule has 1 fully saturated rings. The van der Waals surface area contributed by atoms with Crippen molar-refractivity contribution in [1.82, 2.24) is 5.32 Å². The first-order valence-electron chi connectivity index (χ1n) is 14.3. The van der Waals surface area contributed by atoms with E-state index in [-0.39, 0.29) is 18.7 Å². The number of carbonyl (C=O) groups excluding carboxylic acids is 2. The predicted octanol–water partition coefficient (Wildman–Crippen LogP) is 7.21. The number of benzene rings is 3. The Balaban J connectivity index is 1.42. The second-order valence-corrected chi connectivity index (χ2v) is 10.3. The van der Waals surface area contributed by atoms with Crippen LogP contribution >= 0.6 is 0 Å². The summed E-state index contributed by atoms with van der Waals surface area (Å²) in [5.74, 6) is 0.609. The molecule has 0 heterocycles. The van der Waals surface area contributed by atoms with Gasteiger partial charge in [-0.2, -0.15) is 0 Å². The molecule has 3 aromatic rings. The molecule has 0 spiro atoms. The van der Waals surface area contributed by atoms with Crippen molar-refractivity contribution in [3.05, 3.63) is 84.4 Å². The van der Waals surface area contributed by atoms with Crippen molar-refractivity contribution in [2.45, 2.75) is 70.1 Å². The molecular weight excluding hydrogens is 520 g/mol. The number of hydrogen-bond acceptors (Lipinski definition) is 5. The predicted molar refractivity (Wildman–Crippen MR) is 158 cm³/mol. The molecule has 2 amide bonds. The third kappa shape index (κ3) is 8.83. The molecule has 2 N–H and O–H groups in total. The summed E-state index contributed by atoms with van der Waals surface area (Å²) < 4.78 is 11.3. The van der Waals surface area contributed by atoms with Crippen molar-refractivity contribution < 1.29 is 29.0 Å². The van der Waals surface area contributed by atoms with Crippen molar-refractivity contribution >= 4 is 24.2 Å². The summed E-state index contributed by atoms with van der Waals surface area (Å²) in [4.78, 5) is 37.1. The fourth-order valence-corrected chi connectivity index (χ4v) is 5.22. The number of carbonyl (C=O) groups is 3. The molecule has 0 bridgehead atoms. The van der Waals surface area contributed by atoms with E-state index in [1.807, 2.05) is 78.9 Å². The smallest absolute Gasteiger partial charge is 0.412 e. The normalized spacial score (nSPS) is 16.4. The largest absolute Gasteiger partial charge is 0.494 e. The Morgan fingerprint density at radius 2 is 1.61 bits per heavy atom. The number of nitrogens with one attached hydrogen (secondary N) is 1. The Kier molecular flexibility index (Phi) is 11.2. The molecule has 8 nitrogen and oxygen atoms in total. The van der Waals surface area contributed by atoms with Crippen LogP contribution in [0.15, 0.2) is 78.9 Å². The van der Waals surface area contributed by atoms with E-state index in [1.165, 1.54) is 4.90 Å².